The van der Waals surface area contributed by atoms with Gasteiger partial charge in [-0.2, -0.15) is 0 Å². The first kappa shape index (κ1) is 16.0. The van der Waals surface area contributed by atoms with Crippen molar-refractivity contribution in [1.82, 2.24) is 10.2 Å². The lowest BCUT2D eigenvalue weighted by Crippen LogP contribution is -2.42. The average molecular weight is 254 g/mol. The summed E-state index contributed by atoms with van der Waals surface area (Å²) in [5.41, 5.74) is 0. The van der Waals surface area contributed by atoms with E-state index in [1.54, 1.807) is 0 Å². The molecule has 2 heteroatoms. The lowest BCUT2D eigenvalue weighted by atomic mass is 10.0. The van der Waals surface area contributed by atoms with Gasteiger partial charge in [0.15, 0.2) is 0 Å². The second-order valence-electron chi connectivity index (χ2n) is 6.03. The third kappa shape index (κ3) is 8.10. The van der Waals surface area contributed by atoms with Crippen LogP contribution in [-0.4, -0.2) is 37.6 Å². The molecule has 1 N–H and O–H groups in total. The number of hydrogen-bond donors (Lipinski definition) is 1. The zero-order chi connectivity index (χ0) is 13.1. The van der Waals surface area contributed by atoms with Gasteiger partial charge in [-0.25, -0.2) is 0 Å². The van der Waals surface area contributed by atoms with Crippen LogP contribution in [0.4, 0.5) is 0 Å². The molecular weight excluding hydrogens is 220 g/mol. The number of unbranched alkanes of at least 4 members (excludes halogenated alkanes) is 6. The minimum absolute atomic E-state index is 0.758. The van der Waals surface area contributed by atoms with Crippen molar-refractivity contribution in [2.45, 2.75) is 77.2 Å². The van der Waals surface area contributed by atoms with E-state index in [1.807, 2.05) is 0 Å². The monoisotopic (exact) mass is 254 g/mol. The molecule has 0 saturated carbocycles. The number of likely N-dealkylation sites (N-methyl/N-ethyl adjacent to an activating group) is 1. The standard InChI is InChI=1S/C16H34N2/c1-3-4-5-6-7-8-11-14-18(2)15-16-12-9-10-13-17-16/h16-17H,3-15H2,1-2H3. The number of hydrogen-bond acceptors (Lipinski definition) is 2. The van der Waals surface area contributed by atoms with Gasteiger partial charge in [0, 0.05) is 12.6 Å². The first-order valence-corrected chi connectivity index (χ1v) is 8.25. The highest BCUT2D eigenvalue weighted by Gasteiger charge is 2.13. The van der Waals surface area contributed by atoms with Crippen LogP contribution in [-0.2, 0) is 0 Å². The Bertz CT molecular complexity index is 176. The van der Waals surface area contributed by atoms with Crippen molar-refractivity contribution in [3.05, 3.63) is 0 Å². The Morgan fingerprint density at radius 1 is 1.00 bits per heavy atom. The summed E-state index contributed by atoms with van der Waals surface area (Å²) < 4.78 is 0. The lowest BCUT2D eigenvalue weighted by molar-refractivity contribution is 0.258. The topological polar surface area (TPSA) is 15.3 Å². The fraction of sp³-hybridized carbons (Fsp3) is 1.00. The van der Waals surface area contributed by atoms with E-state index < -0.39 is 0 Å². The molecule has 0 bridgehead atoms. The molecular formula is C16H34N2. The quantitative estimate of drug-likeness (QED) is 0.596. The number of nitrogens with one attached hydrogen (secondary N) is 1. The number of nitrogens with zero attached hydrogens (tertiary/aromatic N) is 1. The normalized spacial score (nSPS) is 20.5. The van der Waals surface area contributed by atoms with Crippen molar-refractivity contribution in [2.24, 2.45) is 0 Å². The highest BCUT2D eigenvalue weighted by molar-refractivity contribution is 4.74. The SMILES string of the molecule is CCCCCCCCCN(C)CC1CCCCN1. The van der Waals surface area contributed by atoms with Crippen LogP contribution in [0.15, 0.2) is 0 Å². The third-order valence-electron chi connectivity index (χ3n) is 4.09. The maximum atomic E-state index is 3.63. The van der Waals surface area contributed by atoms with Crippen LogP contribution in [0.1, 0.15) is 71.1 Å². The van der Waals surface area contributed by atoms with Crippen LogP contribution < -0.4 is 5.32 Å². The van der Waals surface area contributed by atoms with Gasteiger partial charge in [0.25, 0.3) is 0 Å². The molecule has 1 heterocycles. The molecule has 0 aromatic heterocycles. The molecule has 0 aliphatic carbocycles. The van der Waals surface area contributed by atoms with Crippen LogP contribution >= 0.6 is 0 Å². The molecule has 18 heavy (non-hydrogen) atoms. The largest absolute Gasteiger partial charge is 0.313 e. The first-order chi connectivity index (χ1) is 8.83. The Labute approximate surface area is 115 Å². The Kier molecular flexibility index (Phi) is 9.59. The first-order valence-electron chi connectivity index (χ1n) is 8.25. The zero-order valence-electron chi connectivity index (χ0n) is 12.7. The smallest absolute Gasteiger partial charge is 0.0194 e. The van der Waals surface area contributed by atoms with Gasteiger partial charge in [-0.3, -0.25) is 0 Å². The van der Waals surface area contributed by atoms with Gasteiger partial charge >= 0.3 is 0 Å². The molecule has 0 amide bonds. The van der Waals surface area contributed by atoms with Crippen molar-refractivity contribution >= 4 is 0 Å². The fourth-order valence-corrected chi connectivity index (χ4v) is 2.89. The Hall–Kier alpha value is -0.0800. The molecule has 0 spiro atoms. The van der Waals surface area contributed by atoms with Crippen molar-refractivity contribution < 1.29 is 0 Å². The second kappa shape index (κ2) is 10.8. The van der Waals surface area contributed by atoms with Crippen LogP contribution in [0.25, 0.3) is 0 Å². The average Bonchev–Trinajstić information content (AvgIpc) is 2.39. The van der Waals surface area contributed by atoms with Crippen molar-refractivity contribution in [3.63, 3.8) is 0 Å². The summed E-state index contributed by atoms with van der Waals surface area (Å²) in [6, 6.07) is 0.758. The van der Waals surface area contributed by atoms with Crippen molar-refractivity contribution in [3.8, 4) is 0 Å². The van der Waals surface area contributed by atoms with E-state index >= 15 is 0 Å². The molecule has 1 saturated heterocycles. The van der Waals surface area contributed by atoms with Gasteiger partial charge in [-0.1, -0.05) is 51.9 Å². The fourth-order valence-electron chi connectivity index (χ4n) is 2.89. The van der Waals surface area contributed by atoms with E-state index in [2.05, 4.69) is 24.2 Å². The predicted molar refractivity (Wildman–Crippen MR) is 81.1 cm³/mol. The zero-order valence-corrected chi connectivity index (χ0v) is 12.7. The predicted octanol–water partition coefficient (Wildman–Crippen LogP) is 3.81. The van der Waals surface area contributed by atoms with Crippen LogP contribution in [0.2, 0.25) is 0 Å². The summed E-state index contributed by atoms with van der Waals surface area (Å²) in [7, 11) is 2.29. The Morgan fingerprint density at radius 2 is 1.72 bits per heavy atom. The van der Waals surface area contributed by atoms with Crippen molar-refractivity contribution in [1.29, 1.82) is 0 Å². The molecule has 1 atom stereocenters. The number of piperidine rings is 1. The van der Waals surface area contributed by atoms with E-state index in [9.17, 15) is 0 Å². The molecule has 2 nitrogen and oxygen atoms in total. The van der Waals surface area contributed by atoms with Crippen molar-refractivity contribution in [2.75, 3.05) is 26.7 Å². The molecule has 0 radical (unpaired) electrons. The highest BCUT2D eigenvalue weighted by Crippen LogP contribution is 2.10. The van der Waals surface area contributed by atoms with Crippen LogP contribution in [0.5, 0.6) is 0 Å². The molecule has 1 aliphatic rings. The maximum Gasteiger partial charge on any atom is 0.0194 e. The van der Waals surface area contributed by atoms with E-state index in [4.69, 9.17) is 0 Å². The van der Waals surface area contributed by atoms with Gasteiger partial charge in [-0.15, -0.1) is 0 Å². The van der Waals surface area contributed by atoms with E-state index in [-0.39, 0.29) is 0 Å². The molecule has 108 valence electrons. The lowest BCUT2D eigenvalue weighted by Gasteiger charge is -2.28. The molecule has 1 aliphatic heterocycles. The van der Waals surface area contributed by atoms with Gasteiger partial charge < -0.3 is 10.2 Å². The minimum Gasteiger partial charge on any atom is -0.313 e. The van der Waals surface area contributed by atoms with Crippen LogP contribution in [0.3, 0.4) is 0 Å². The van der Waals surface area contributed by atoms with E-state index in [1.165, 1.54) is 83.8 Å². The highest BCUT2D eigenvalue weighted by atomic mass is 15.1. The van der Waals surface area contributed by atoms with E-state index in [0.29, 0.717) is 0 Å². The second-order valence-corrected chi connectivity index (χ2v) is 6.03. The number of rotatable bonds is 10. The Morgan fingerprint density at radius 3 is 2.39 bits per heavy atom. The molecule has 1 fully saturated rings. The van der Waals surface area contributed by atoms with Gasteiger partial charge in [0.1, 0.15) is 0 Å². The molecule has 1 unspecified atom stereocenters. The molecule has 0 aromatic rings. The van der Waals surface area contributed by atoms with E-state index in [0.717, 1.165) is 6.04 Å². The maximum absolute atomic E-state index is 3.63. The molecule has 1 rings (SSSR count). The summed E-state index contributed by atoms with van der Waals surface area (Å²) in [4.78, 5) is 2.52. The summed E-state index contributed by atoms with van der Waals surface area (Å²) in [5, 5.41) is 3.63. The Balaban J connectivity index is 1.88. The van der Waals surface area contributed by atoms with Gasteiger partial charge in [0.2, 0.25) is 0 Å². The van der Waals surface area contributed by atoms with Gasteiger partial charge in [0.05, 0.1) is 0 Å². The summed E-state index contributed by atoms with van der Waals surface area (Å²) >= 11 is 0. The minimum atomic E-state index is 0.758. The third-order valence-corrected chi connectivity index (χ3v) is 4.09. The summed E-state index contributed by atoms with van der Waals surface area (Å²) in [6.45, 7) is 6.05. The summed E-state index contributed by atoms with van der Waals surface area (Å²) in [6.07, 6.45) is 14.1. The summed E-state index contributed by atoms with van der Waals surface area (Å²) in [5.74, 6) is 0. The van der Waals surface area contributed by atoms with Crippen LogP contribution in [0, 0.1) is 0 Å². The molecule has 0 aromatic carbocycles. The van der Waals surface area contributed by atoms with Gasteiger partial charge in [-0.05, 0) is 39.4 Å².